The zero-order valence-electron chi connectivity index (χ0n) is 16.4. The first kappa shape index (κ1) is 20.9. The van der Waals surface area contributed by atoms with Crippen LogP contribution in [0.3, 0.4) is 0 Å². The van der Waals surface area contributed by atoms with Crippen LogP contribution in [0.25, 0.3) is 10.8 Å². The zero-order chi connectivity index (χ0) is 21.1. The number of hydrogen-bond acceptors (Lipinski definition) is 4. The van der Waals surface area contributed by atoms with Crippen molar-refractivity contribution < 1.29 is 13.2 Å². The molecule has 1 aliphatic heterocycles. The topological polar surface area (TPSA) is 66.5 Å². The van der Waals surface area contributed by atoms with Crippen molar-refractivity contribution in [2.75, 3.05) is 13.1 Å². The molecule has 0 saturated carbocycles. The molecule has 2 atom stereocenters. The standard InChI is InChI=1S/C23H24N2O3S2/c26-23(24-13-12-17-6-2-1-3-7-17)22-15-20(29)16-25(22)30(27,28)21-11-10-18-8-4-5-9-19(18)14-21/h1-11,14,20,22,29H,12-13,15-16H2,(H,24,26)/t20-,22+/m1/s1. The lowest BCUT2D eigenvalue weighted by Crippen LogP contribution is -2.46. The summed E-state index contributed by atoms with van der Waals surface area (Å²) in [5.74, 6) is -0.271. The maximum absolute atomic E-state index is 13.3. The van der Waals surface area contributed by atoms with E-state index in [0.29, 0.717) is 19.4 Å². The number of rotatable bonds is 6. The third kappa shape index (κ3) is 4.38. The van der Waals surface area contributed by atoms with E-state index < -0.39 is 16.1 Å². The number of fused-ring (bicyclic) bond motifs is 1. The summed E-state index contributed by atoms with van der Waals surface area (Å²) in [5, 5.41) is 4.55. The molecule has 30 heavy (non-hydrogen) atoms. The van der Waals surface area contributed by atoms with Crippen molar-refractivity contribution in [3.63, 3.8) is 0 Å². The number of carbonyl (C=O) groups is 1. The highest BCUT2D eigenvalue weighted by molar-refractivity contribution is 7.89. The van der Waals surface area contributed by atoms with Crippen LogP contribution in [0.1, 0.15) is 12.0 Å². The number of carbonyl (C=O) groups excluding carboxylic acids is 1. The average molecular weight is 441 g/mol. The van der Waals surface area contributed by atoms with Gasteiger partial charge in [-0.2, -0.15) is 16.9 Å². The van der Waals surface area contributed by atoms with E-state index in [4.69, 9.17) is 0 Å². The smallest absolute Gasteiger partial charge is 0.243 e. The Morgan fingerprint density at radius 2 is 1.70 bits per heavy atom. The summed E-state index contributed by atoms with van der Waals surface area (Å²) in [6, 6.07) is 21.8. The van der Waals surface area contributed by atoms with Gasteiger partial charge in [0, 0.05) is 18.3 Å². The Hall–Kier alpha value is -2.35. The minimum Gasteiger partial charge on any atom is -0.354 e. The van der Waals surface area contributed by atoms with E-state index in [-0.39, 0.29) is 22.6 Å². The van der Waals surface area contributed by atoms with E-state index in [1.165, 1.54) is 4.31 Å². The van der Waals surface area contributed by atoms with Crippen molar-refractivity contribution in [1.29, 1.82) is 0 Å². The van der Waals surface area contributed by atoms with Crippen LogP contribution in [-0.2, 0) is 21.2 Å². The first-order chi connectivity index (χ1) is 14.4. The second-order valence-electron chi connectivity index (χ2n) is 7.52. The molecule has 0 unspecified atom stereocenters. The van der Waals surface area contributed by atoms with Crippen molar-refractivity contribution >= 4 is 39.3 Å². The molecule has 3 aromatic carbocycles. The first-order valence-corrected chi connectivity index (χ1v) is 11.9. The predicted octanol–water partition coefficient (Wildman–Crippen LogP) is 3.26. The quantitative estimate of drug-likeness (QED) is 0.578. The normalized spacial score (nSPS) is 19.8. The fourth-order valence-corrected chi connectivity index (χ4v) is 6.01. The van der Waals surface area contributed by atoms with E-state index in [1.54, 1.807) is 18.2 Å². The lowest BCUT2D eigenvalue weighted by molar-refractivity contribution is -0.124. The van der Waals surface area contributed by atoms with Gasteiger partial charge in [0.15, 0.2) is 0 Å². The average Bonchev–Trinajstić information content (AvgIpc) is 3.17. The third-order valence-electron chi connectivity index (χ3n) is 5.42. The SMILES string of the molecule is O=C(NCCc1ccccc1)[C@@H]1C[C@@H](S)CN1S(=O)(=O)c1ccc2ccccc2c1. The molecule has 1 N–H and O–H groups in total. The molecular formula is C23H24N2O3S2. The maximum Gasteiger partial charge on any atom is 0.243 e. The van der Waals surface area contributed by atoms with Gasteiger partial charge in [-0.1, -0.05) is 60.7 Å². The number of nitrogens with zero attached hydrogens (tertiary/aromatic N) is 1. The summed E-state index contributed by atoms with van der Waals surface area (Å²) < 4.78 is 28.0. The summed E-state index contributed by atoms with van der Waals surface area (Å²) in [4.78, 5) is 13.0. The highest BCUT2D eigenvalue weighted by atomic mass is 32.2. The first-order valence-electron chi connectivity index (χ1n) is 9.95. The molecule has 0 aromatic heterocycles. The van der Waals surface area contributed by atoms with Gasteiger partial charge < -0.3 is 5.32 Å². The molecule has 4 rings (SSSR count). The molecule has 1 aliphatic rings. The number of sulfonamides is 1. The Kier molecular flexibility index (Phi) is 6.13. The molecule has 1 saturated heterocycles. The third-order valence-corrected chi connectivity index (χ3v) is 7.66. The summed E-state index contributed by atoms with van der Waals surface area (Å²) in [6.45, 7) is 0.676. The largest absolute Gasteiger partial charge is 0.354 e. The number of thiol groups is 1. The summed E-state index contributed by atoms with van der Waals surface area (Å²) >= 11 is 4.47. The van der Waals surface area contributed by atoms with Gasteiger partial charge in [0.25, 0.3) is 0 Å². The second-order valence-corrected chi connectivity index (χ2v) is 10.1. The van der Waals surface area contributed by atoms with Gasteiger partial charge in [-0.05, 0) is 41.3 Å². The molecule has 0 spiro atoms. The van der Waals surface area contributed by atoms with Crippen LogP contribution in [0.15, 0.2) is 77.7 Å². The van der Waals surface area contributed by atoms with Crippen LogP contribution in [0.4, 0.5) is 0 Å². The monoisotopic (exact) mass is 440 g/mol. The minimum absolute atomic E-state index is 0.176. The number of nitrogens with one attached hydrogen (secondary N) is 1. The van der Waals surface area contributed by atoms with Gasteiger partial charge in [-0.3, -0.25) is 4.79 Å². The van der Waals surface area contributed by atoms with E-state index >= 15 is 0 Å². The molecule has 1 amide bonds. The van der Waals surface area contributed by atoms with Gasteiger partial charge in [-0.15, -0.1) is 0 Å². The van der Waals surface area contributed by atoms with E-state index in [1.807, 2.05) is 54.6 Å². The van der Waals surface area contributed by atoms with E-state index in [0.717, 1.165) is 16.3 Å². The van der Waals surface area contributed by atoms with Gasteiger partial charge in [0.05, 0.1) is 4.90 Å². The number of amides is 1. The van der Waals surface area contributed by atoms with Crippen molar-refractivity contribution in [2.24, 2.45) is 0 Å². The molecule has 156 valence electrons. The second kappa shape index (κ2) is 8.79. The van der Waals surface area contributed by atoms with Crippen LogP contribution < -0.4 is 5.32 Å². The Morgan fingerprint density at radius 1 is 1.00 bits per heavy atom. The van der Waals surface area contributed by atoms with Crippen molar-refractivity contribution in [3.8, 4) is 0 Å². The fourth-order valence-electron chi connectivity index (χ4n) is 3.84. The Balaban J connectivity index is 1.51. The highest BCUT2D eigenvalue weighted by Gasteiger charge is 2.42. The van der Waals surface area contributed by atoms with Crippen LogP contribution >= 0.6 is 12.6 Å². The van der Waals surface area contributed by atoms with Gasteiger partial charge in [0.1, 0.15) is 6.04 Å². The van der Waals surface area contributed by atoms with Crippen LogP contribution in [-0.4, -0.2) is 43.0 Å². The molecule has 1 heterocycles. The molecule has 5 nitrogen and oxygen atoms in total. The van der Waals surface area contributed by atoms with Crippen molar-refractivity contribution in [3.05, 3.63) is 78.4 Å². The van der Waals surface area contributed by atoms with Gasteiger partial charge >= 0.3 is 0 Å². The van der Waals surface area contributed by atoms with Crippen LogP contribution in [0.5, 0.6) is 0 Å². The summed E-state index contributed by atoms with van der Waals surface area (Å²) in [7, 11) is -3.81. The molecule has 3 aromatic rings. The Morgan fingerprint density at radius 3 is 2.47 bits per heavy atom. The lowest BCUT2D eigenvalue weighted by atomic mass is 10.1. The molecule has 7 heteroatoms. The molecule has 0 bridgehead atoms. The number of benzene rings is 3. The fraction of sp³-hybridized carbons (Fsp3) is 0.261. The van der Waals surface area contributed by atoms with Crippen molar-refractivity contribution in [1.82, 2.24) is 9.62 Å². The molecule has 0 radical (unpaired) electrons. The minimum atomic E-state index is -3.81. The van der Waals surface area contributed by atoms with Crippen molar-refractivity contribution in [2.45, 2.75) is 29.0 Å². The van der Waals surface area contributed by atoms with Crippen LogP contribution in [0.2, 0.25) is 0 Å². The lowest BCUT2D eigenvalue weighted by Gasteiger charge is -2.23. The van der Waals surface area contributed by atoms with Gasteiger partial charge in [-0.25, -0.2) is 8.42 Å². The van der Waals surface area contributed by atoms with Crippen LogP contribution in [0, 0.1) is 0 Å². The van der Waals surface area contributed by atoms with Gasteiger partial charge in [0.2, 0.25) is 15.9 Å². The molecular weight excluding hydrogens is 416 g/mol. The Bertz CT molecular complexity index is 1150. The predicted molar refractivity (Wildman–Crippen MR) is 122 cm³/mol. The Labute approximate surface area is 182 Å². The van der Waals surface area contributed by atoms with E-state index in [9.17, 15) is 13.2 Å². The molecule has 0 aliphatic carbocycles. The van der Waals surface area contributed by atoms with E-state index in [2.05, 4.69) is 17.9 Å². The highest BCUT2D eigenvalue weighted by Crippen LogP contribution is 2.30. The summed E-state index contributed by atoms with van der Waals surface area (Å²) in [6.07, 6.45) is 1.09. The molecule has 1 fully saturated rings. The summed E-state index contributed by atoms with van der Waals surface area (Å²) in [5.41, 5.74) is 1.12. The zero-order valence-corrected chi connectivity index (χ0v) is 18.1. The number of hydrogen-bond donors (Lipinski definition) is 2. The maximum atomic E-state index is 13.3.